The predicted molar refractivity (Wildman–Crippen MR) is 59.7 cm³/mol. The van der Waals surface area contributed by atoms with Crippen LogP contribution in [-0.4, -0.2) is 22.8 Å². The van der Waals surface area contributed by atoms with Crippen LogP contribution < -0.4 is 0 Å². The molecule has 0 bridgehead atoms. The number of thiazole rings is 1. The summed E-state index contributed by atoms with van der Waals surface area (Å²) in [6.45, 7) is 0.969. The average molecular weight is 227 g/mol. The molecule has 0 aromatic carbocycles. The van der Waals surface area contributed by atoms with Crippen molar-refractivity contribution in [3.05, 3.63) is 16.6 Å². The molecule has 1 fully saturated rings. The SMILES string of the molecule is OCC1CCC(OCc2cscn2)CC1. The molecular formula is C11H17NO2S. The monoisotopic (exact) mass is 227 g/mol. The Balaban J connectivity index is 1.69. The van der Waals surface area contributed by atoms with Crippen molar-refractivity contribution in [2.75, 3.05) is 6.61 Å². The number of ether oxygens (including phenoxy) is 1. The van der Waals surface area contributed by atoms with E-state index >= 15 is 0 Å². The van der Waals surface area contributed by atoms with Gasteiger partial charge in [0, 0.05) is 12.0 Å². The fourth-order valence-electron chi connectivity index (χ4n) is 1.99. The van der Waals surface area contributed by atoms with E-state index in [1.807, 2.05) is 10.9 Å². The highest BCUT2D eigenvalue weighted by molar-refractivity contribution is 7.07. The minimum absolute atomic E-state index is 0.332. The summed E-state index contributed by atoms with van der Waals surface area (Å²) < 4.78 is 5.78. The minimum atomic E-state index is 0.332. The average Bonchev–Trinajstić information content (AvgIpc) is 2.80. The van der Waals surface area contributed by atoms with Crippen molar-refractivity contribution in [2.45, 2.75) is 38.4 Å². The third kappa shape index (κ3) is 3.26. The first kappa shape index (κ1) is 11.0. The number of nitrogens with zero attached hydrogens (tertiary/aromatic N) is 1. The standard InChI is InChI=1S/C11H17NO2S/c13-5-9-1-3-11(4-2-9)14-6-10-7-15-8-12-10/h7-9,11,13H,1-6H2. The Hall–Kier alpha value is -0.450. The summed E-state index contributed by atoms with van der Waals surface area (Å²) in [7, 11) is 0. The lowest BCUT2D eigenvalue weighted by Gasteiger charge is -2.27. The van der Waals surface area contributed by atoms with Crippen LogP contribution in [0.4, 0.5) is 0 Å². The zero-order valence-electron chi connectivity index (χ0n) is 8.76. The molecule has 1 saturated carbocycles. The van der Waals surface area contributed by atoms with Gasteiger partial charge in [0.05, 0.1) is 23.9 Å². The van der Waals surface area contributed by atoms with Crippen LogP contribution in [-0.2, 0) is 11.3 Å². The van der Waals surface area contributed by atoms with E-state index in [1.165, 1.54) is 0 Å². The van der Waals surface area contributed by atoms with E-state index in [4.69, 9.17) is 9.84 Å². The number of hydrogen-bond donors (Lipinski definition) is 1. The van der Waals surface area contributed by atoms with E-state index in [0.717, 1.165) is 31.4 Å². The molecule has 0 unspecified atom stereocenters. The number of rotatable bonds is 4. The second kappa shape index (κ2) is 5.58. The fourth-order valence-corrected chi connectivity index (χ4v) is 2.54. The van der Waals surface area contributed by atoms with Crippen molar-refractivity contribution in [3.8, 4) is 0 Å². The highest BCUT2D eigenvalue weighted by Crippen LogP contribution is 2.26. The third-order valence-electron chi connectivity index (χ3n) is 3.00. The van der Waals surface area contributed by atoms with E-state index in [-0.39, 0.29) is 0 Å². The van der Waals surface area contributed by atoms with Crippen LogP contribution in [0.25, 0.3) is 0 Å². The van der Waals surface area contributed by atoms with Gasteiger partial charge in [-0.2, -0.15) is 0 Å². The normalized spacial score (nSPS) is 26.7. The van der Waals surface area contributed by atoms with Gasteiger partial charge in [-0.1, -0.05) is 0 Å². The molecule has 0 spiro atoms. The molecule has 1 aromatic rings. The Morgan fingerprint density at radius 3 is 2.80 bits per heavy atom. The minimum Gasteiger partial charge on any atom is -0.396 e. The quantitative estimate of drug-likeness (QED) is 0.857. The first-order valence-electron chi connectivity index (χ1n) is 5.48. The Morgan fingerprint density at radius 1 is 1.40 bits per heavy atom. The molecule has 0 radical (unpaired) electrons. The molecular weight excluding hydrogens is 210 g/mol. The van der Waals surface area contributed by atoms with Crippen LogP contribution in [0.3, 0.4) is 0 Å². The second-order valence-electron chi connectivity index (χ2n) is 4.12. The van der Waals surface area contributed by atoms with E-state index < -0.39 is 0 Å². The molecule has 1 heterocycles. The Morgan fingerprint density at radius 2 is 2.20 bits per heavy atom. The van der Waals surface area contributed by atoms with Gasteiger partial charge < -0.3 is 9.84 Å². The largest absolute Gasteiger partial charge is 0.396 e. The lowest BCUT2D eigenvalue weighted by atomic mass is 9.88. The van der Waals surface area contributed by atoms with Crippen molar-refractivity contribution in [1.29, 1.82) is 0 Å². The number of hydrogen-bond acceptors (Lipinski definition) is 4. The van der Waals surface area contributed by atoms with Gasteiger partial charge in [-0.05, 0) is 31.6 Å². The van der Waals surface area contributed by atoms with Crippen LogP contribution in [0.15, 0.2) is 10.9 Å². The van der Waals surface area contributed by atoms with Gasteiger partial charge in [0.1, 0.15) is 0 Å². The van der Waals surface area contributed by atoms with E-state index in [1.54, 1.807) is 11.3 Å². The maximum absolute atomic E-state index is 9.01. The summed E-state index contributed by atoms with van der Waals surface area (Å²) in [5.74, 6) is 0.504. The molecule has 0 aliphatic heterocycles. The molecule has 15 heavy (non-hydrogen) atoms. The zero-order chi connectivity index (χ0) is 10.5. The van der Waals surface area contributed by atoms with Crippen molar-refractivity contribution in [2.24, 2.45) is 5.92 Å². The fraction of sp³-hybridized carbons (Fsp3) is 0.727. The van der Waals surface area contributed by atoms with Gasteiger partial charge in [-0.15, -0.1) is 11.3 Å². The molecule has 3 nitrogen and oxygen atoms in total. The van der Waals surface area contributed by atoms with Crippen molar-refractivity contribution in [3.63, 3.8) is 0 Å². The van der Waals surface area contributed by atoms with Gasteiger partial charge in [0.15, 0.2) is 0 Å². The molecule has 1 aliphatic rings. The van der Waals surface area contributed by atoms with Crippen LogP contribution >= 0.6 is 11.3 Å². The van der Waals surface area contributed by atoms with Crippen molar-refractivity contribution in [1.82, 2.24) is 4.98 Å². The van der Waals surface area contributed by atoms with E-state index in [2.05, 4.69) is 4.98 Å². The van der Waals surface area contributed by atoms with Crippen LogP contribution in [0.2, 0.25) is 0 Å². The lowest BCUT2D eigenvalue weighted by molar-refractivity contribution is 0.0000365. The van der Waals surface area contributed by atoms with Crippen molar-refractivity contribution < 1.29 is 9.84 Å². The van der Waals surface area contributed by atoms with Crippen LogP contribution in [0.1, 0.15) is 31.4 Å². The lowest BCUT2D eigenvalue weighted by Crippen LogP contribution is -2.23. The molecule has 4 heteroatoms. The van der Waals surface area contributed by atoms with E-state index in [9.17, 15) is 0 Å². The van der Waals surface area contributed by atoms with Gasteiger partial charge in [0.2, 0.25) is 0 Å². The van der Waals surface area contributed by atoms with Gasteiger partial charge in [0.25, 0.3) is 0 Å². The summed E-state index contributed by atoms with van der Waals surface area (Å²) in [5.41, 5.74) is 2.87. The molecule has 84 valence electrons. The molecule has 2 rings (SSSR count). The number of aliphatic hydroxyl groups is 1. The van der Waals surface area contributed by atoms with E-state index in [0.29, 0.717) is 25.2 Å². The van der Waals surface area contributed by atoms with Gasteiger partial charge in [-0.3, -0.25) is 0 Å². The van der Waals surface area contributed by atoms with Crippen molar-refractivity contribution >= 4 is 11.3 Å². The maximum Gasteiger partial charge on any atom is 0.0900 e. The zero-order valence-corrected chi connectivity index (χ0v) is 9.58. The Labute approximate surface area is 94.1 Å². The van der Waals surface area contributed by atoms with Gasteiger partial charge >= 0.3 is 0 Å². The Kier molecular flexibility index (Phi) is 4.11. The molecule has 0 saturated heterocycles. The van der Waals surface area contributed by atoms with Crippen LogP contribution in [0, 0.1) is 5.92 Å². The summed E-state index contributed by atoms with van der Waals surface area (Å²) >= 11 is 1.61. The van der Waals surface area contributed by atoms with Gasteiger partial charge in [-0.25, -0.2) is 4.98 Å². The first-order valence-corrected chi connectivity index (χ1v) is 6.42. The molecule has 1 aliphatic carbocycles. The molecule has 1 aromatic heterocycles. The summed E-state index contributed by atoms with van der Waals surface area (Å²) in [6.07, 6.45) is 4.72. The number of aromatic nitrogens is 1. The highest BCUT2D eigenvalue weighted by Gasteiger charge is 2.20. The highest BCUT2D eigenvalue weighted by atomic mass is 32.1. The molecule has 0 atom stereocenters. The molecule has 0 amide bonds. The smallest absolute Gasteiger partial charge is 0.0900 e. The summed E-state index contributed by atoms with van der Waals surface area (Å²) in [4.78, 5) is 4.19. The Bertz CT molecular complexity index is 268. The first-order chi connectivity index (χ1) is 7.38. The maximum atomic E-state index is 9.01. The third-order valence-corrected chi connectivity index (χ3v) is 3.64. The molecule has 1 N–H and O–H groups in total. The van der Waals surface area contributed by atoms with Crippen LogP contribution in [0.5, 0.6) is 0 Å². The summed E-state index contributed by atoms with van der Waals surface area (Å²) in [5, 5.41) is 11.0. The topological polar surface area (TPSA) is 42.4 Å². The predicted octanol–water partition coefficient (Wildman–Crippen LogP) is 2.21. The summed E-state index contributed by atoms with van der Waals surface area (Å²) in [6, 6.07) is 0. The second-order valence-corrected chi connectivity index (χ2v) is 4.83. The number of aliphatic hydroxyl groups excluding tert-OH is 1.